The summed E-state index contributed by atoms with van der Waals surface area (Å²) < 4.78 is 12.9. The highest BCUT2D eigenvalue weighted by Gasteiger charge is 2.30. The Morgan fingerprint density at radius 1 is 1.22 bits per heavy atom. The number of guanidine groups is 1. The maximum absolute atomic E-state index is 12.9. The molecule has 2 aromatic rings. The molecule has 0 unspecified atom stereocenters. The number of likely N-dealkylation sites (tertiary alicyclic amines) is 1. The lowest BCUT2D eigenvalue weighted by Crippen LogP contribution is -2.50. The van der Waals surface area contributed by atoms with Gasteiger partial charge in [0, 0.05) is 51.6 Å². The van der Waals surface area contributed by atoms with E-state index in [1.807, 2.05) is 17.0 Å². The van der Waals surface area contributed by atoms with Gasteiger partial charge in [0.1, 0.15) is 24.5 Å². The van der Waals surface area contributed by atoms with Crippen LogP contribution in [0.15, 0.2) is 34.1 Å². The van der Waals surface area contributed by atoms with E-state index >= 15 is 0 Å². The molecule has 2 aromatic heterocycles. The normalized spacial score (nSPS) is 18.2. The number of amides is 1. The molecular weight excluding hydrogens is 410 g/mol. The van der Waals surface area contributed by atoms with Gasteiger partial charge in [0.25, 0.3) is 0 Å². The standard InChI is InChI=1S/C22H33N7O3/c1-2-20-26-25-17-29(20)10-7-23-22(24-16-19-4-3-13-32-19)28-8-5-18(6-9-28)21(30)27-11-14-31-15-12-27/h3-4,13,17-18H,2,5-12,14-16H2,1H3,(H,23,24). The summed E-state index contributed by atoms with van der Waals surface area (Å²) in [6, 6.07) is 3.80. The van der Waals surface area contributed by atoms with Crippen LogP contribution in [0.4, 0.5) is 0 Å². The van der Waals surface area contributed by atoms with Crippen molar-refractivity contribution in [3.05, 3.63) is 36.3 Å². The Morgan fingerprint density at radius 3 is 2.75 bits per heavy atom. The van der Waals surface area contributed by atoms with Crippen molar-refractivity contribution in [3.63, 3.8) is 0 Å². The molecule has 0 saturated carbocycles. The molecule has 10 heteroatoms. The molecule has 174 valence electrons. The number of piperidine rings is 1. The first-order valence-corrected chi connectivity index (χ1v) is 11.5. The third kappa shape index (κ3) is 5.67. The van der Waals surface area contributed by atoms with E-state index in [0.29, 0.717) is 39.4 Å². The average molecular weight is 444 g/mol. The van der Waals surface area contributed by atoms with Crippen LogP contribution in [0.3, 0.4) is 0 Å². The number of aromatic nitrogens is 3. The second kappa shape index (κ2) is 11.1. The number of aryl methyl sites for hydroxylation is 1. The van der Waals surface area contributed by atoms with Crippen LogP contribution in [-0.4, -0.2) is 82.4 Å². The number of hydrogen-bond acceptors (Lipinski definition) is 6. The molecule has 4 heterocycles. The summed E-state index contributed by atoms with van der Waals surface area (Å²) in [6.45, 7) is 8.35. The van der Waals surface area contributed by atoms with Crippen LogP contribution in [0.5, 0.6) is 0 Å². The highest BCUT2D eigenvalue weighted by atomic mass is 16.5. The SMILES string of the molecule is CCc1nncn1CCNC(=NCc1ccco1)N1CCC(C(=O)N2CCOCC2)CC1. The first kappa shape index (κ1) is 22.3. The van der Waals surface area contributed by atoms with Crippen molar-refractivity contribution in [3.8, 4) is 0 Å². The van der Waals surface area contributed by atoms with E-state index in [0.717, 1.165) is 56.4 Å². The topological polar surface area (TPSA) is 101 Å². The fourth-order valence-corrected chi connectivity index (χ4v) is 4.23. The fraction of sp³-hybridized carbons (Fsp3) is 0.636. The van der Waals surface area contributed by atoms with E-state index in [9.17, 15) is 4.79 Å². The summed E-state index contributed by atoms with van der Waals surface area (Å²) in [5.74, 6) is 3.01. The van der Waals surface area contributed by atoms with Crippen LogP contribution in [0.2, 0.25) is 0 Å². The molecule has 0 aromatic carbocycles. The number of furan rings is 1. The zero-order chi connectivity index (χ0) is 22.2. The van der Waals surface area contributed by atoms with Gasteiger partial charge in [0.15, 0.2) is 5.96 Å². The molecule has 1 N–H and O–H groups in total. The Hall–Kier alpha value is -2.88. The first-order valence-electron chi connectivity index (χ1n) is 11.5. The van der Waals surface area contributed by atoms with Crippen LogP contribution >= 0.6 is 0 Å². The largest absolute Gasteiger partial charge is 0.467 e. The number of hydrogen-bond donors (Lipinski definition) is 1. The van der Waals surface area contributed by atoms with Crippen LogP contribution < -0.4 is 5.32 Å². The summed E-state index contributed by atoms with van der Waals surface area (Å²) in [5, 5.41) is 11.6. The summed E-state index contributed by atoms with van der Waals surface area (Å²) in [4.78, 5) is 21.9. The Kier molecular flexibility index (Phi) is 7.76. The lowest BCUT2D eigenvalue weighted by molar-refractivity contribution is -0.140. The van der Waals surface area contributed by atoms with Crippen molar-refractivity contribution in [1.82, 2.24) is 29.9 Å². The second-order valence-electron chi connectivity index (χ2n) is 8.14. The first-order chi connectivity index (χ1) is 15.7. The summed E-state index contributed by atoms with van der Waals surface area (Å²) in [5.41, 5.74) is 0. The Morgan fingerprint density at radius 2 is 2.03 bits per heavy atom. The number of carbonyl (C=O) groups is 1. The highest BCUT2D eigenvalue weighted by Crippen LogP contribution is 2.20. The van der Waals surface area contributed by atoms with Gasteiger partial charge in [0.05, 0.1) is 19.5 Å². The second-order valence-corrected chi connectivity index (χ2v) is 8.14. The van der Waals surface area contributed by atoms with Crippen LogP contribution in [0.1, 0.15) is 31.4 Å². The van der Waals surface area contributed by atoms with Gasteiger partial charge in [-0.15, -0.1) is 10.2 Å². The zero-order valence-electron chi connectivity index (χ0n) is 18.8. The smallest absolute Gasteiger partial charge is 0.225 e. The van der Waals surface area contributed by atoms with E-state index in [2.05, 4.69) is 31.9 Å². The van der Waals surface area contributed by atoms with Crippen molar-refractivity contribution in [1.29, 1.82) is 0 Å². The van der Waals surface area contributed by atoms with Gasteiger partial charge in [0.2, 0.25) is 5.91 Å². The lowest BCUT2D eigenvalue weighted by atomic mass is 9.95. The molecule has 0 atom stereocenters. The van der Waals surface area contributed by atoms with E-state index in [1.54, 1.807) is 12.6 Å². The molecule has 1 amide bonds. The highest BCUT2D eigenvalue weighted by molar-refractivity contribution is 5.82. The number of morpholine rings is 1. The molecule has 0 spiro atoms. The monoisotopic (exact) mass is 443 g/mol. The summed E-state index contributed by atoms with van der Waals surface area (Å²) in [7, 11) is 0. The number of aliphatic imine (C=N–C) groups is 1. The number of rotatable bonds is 7. The van der Waals surface area contributed by atoms with E-state index < -0.39 is 0 Å². The van der Waals surface area contributed by atoms with Crippen molar-refractivity contribution >= 4 is 11.9 Å². The fourth-order valence-electron chi connectivity index (χ4n) is 4.23. The van der Waals surface area contributed by atoms with Gasteiger partial charge in [-0.25, -0.2) is 4.99 Å². The average Bonchev–Trinajstić information content (AvgIpc) is 3.53. The molecular formula is C22H33N7O3. The van der Waals surface area contributed by atoms with Crippen LogP contribution in [0, 0.1) is 5.92 Å². The molecule has 0 bridgehead atoms. The predicted molar refractivity (Wildman–Crippen MR) is 119 cm³/mol. The number of nitrogens with zero attached hydrogens (tertiary/aromatic N) is 6. The number of ether oxygens (including phenoxy) is 1. The van der Waals surface area contributed by atoms with Gasteiger partial charge < -0.3 is 28.8 Å². The van der Waals surface area contributed by atoms with Gasteiger partial charge in [-0.1, -0.05) is 6.92 Å². The molecule has 2 aliphatic heterocycles. The van der Waals surface area contributed by atoms with E-state index in [1.165, 1.54) is 0 Å². The quantitative estimate of drug-likeness (QED) is 0.506. The van der Waals surface area contributed by atoms with Gasteiger partial charge in [-0.05, 0) is 25.0 Å². The maximum Gasteiger partial charge on any atom is 0.225 e. The van der Waals surface area contributed by atoms with Crippen molar-refractivity contribution < 1.29 is 13.9 Å². The Balaban J connectivity index is 1.34. The molecule has 32 heavy (non-hydrogen) atoms. The van der Waals surface area contributed by atoms with Gasteiger partial charge in [-0.2, -0.15) is 0 Å². The molecule has 2 fully saturated rings. The molecule has 10 nitrogen and oxygen atoms in total. The molecule has 2 saturated heterocycles. The third-order valence-corrected chi connectivity index (χ3v) is 6.08. The molecule has 0 radical (unpaired) electrons. The van der Waals surface area contributed by atoms with Crippen LogP contribution in [-0.2, 0) is 29.0 Å². The van der Waals surface area contributed by atoms with E-state index in [-0.39, 0.29) is 11.8 Å². The number of carbonyl (C=O) groups excluding carboxylic acids is 1. The maximum atomic E-state index is 12.9. The molecule has 2 aliphatic rings. The van der Waals surface area contributed by atoms with Gasteiger partial charge in [-0.3, -0.25) is 4.79 Å². The minimum atomic E-state index is 0.0832. The Labute approximate surface area is 188 Å². The third-order valence-electron chi connectivity index (χ3n) is 6.08. The zero-order valence-corrected chi connectivity index (χ0v) is 18.8. The molecule has 4 rings (SSSR count). The minimum Gasteiger partial charge on any atom is -0.467 e. The minimum absolute atomic E-state index is 0.0832. The van der Waals surface area contributed by atoms with Crippen LogP contribution in [0.25, 0.3) is 0 Å². The number of nitrogens with one attached hydrogen (secondary N) is 1. The van der Waals surface area contributed by atoms with Crippen molar-refractivity contribution in [2.75, 3.05) is 45.9 Å². The lowest BCUT2D eigenvalue weighted by Gasteiger charge is -2.36. The summed E-state index contributed by atoms with van der Waals surface area (Å²) >= 11 is 0. The van der Waals surface area contributed by atoms with E-state index in [4.69, 9.17) is 14.1 Å². The predicted octanol–water partition coefficient (Wildman–Crippen LogP) is 1.15. The van der Waals surface area contributed by atoms with Crippen molar-refractivity contribution in [2.24, 2.45) is 10.9 Å². The Bertz CT molecular complexity index is 866. The molecule has 0 aliphatic carbocycles. The van der Waals surface area contributed by atoms with Crippen molar-refractivity contribution in [2.45, 2.75) is 39.3 Å². The summed E-state index contributed by atoms with van der Waals surface area (Å²) in [6.07, 6.45) is 5.96. The van der Waals surface area contributed by atoms with Gasteiger partial charge >= 0.3 is 0 Å².